The molecule has 1 aliphatic carbocycles. The third kappa shape index (κ3) is 4.22. The molecule has 2 N–H and O–H groups in total. The summed E-state index contributed by atoms with van der Waals surface area (Å²) < 4.78 is 5.77. The van der Waals surface area contributed by atoms with Crippen LogP contribution < -0.4 is 5.32 Å². The third-order valence-corrected chi connectivity index (χ3v) is 5.17. The smallest absolute Gasteiger partial charge is 0.255 e. The van der Waals surface area contributed by atoms with Crippen molar-refractivity contribution in [2.45, 2.75) is 32.7 Å². The van der Waals surface area contributed by atoms with Crippen molar-refractivity contribution < 1.29 is 9.21 Å². The highest BCUT2D eigenvalue weighted by Crippen LogP contribution is 2.33. The van der Waals surface area contributed by atoms with E-state index in [4.69, 9.17) is 9.83 Å². The zero-order valence-electron chi connectivity index (χ0n) is 16.0. The molecular formula is C24H24N2O2. The number of carbonyl (C=O) groups is 1. The second kappa shape index (κ2) is 7.85. The van der Waals surface area contributed by atoms with Crippen LogP contribution in [0.3, 0.4) is 0 Å². The Morgan fingerprint density at radius 2 is 1.82 bits per heavy atom. The van der Waals surface area contributed by atoms with Gasteiger partial charge in [-0.25, -0.2) is 0 Å². The Balaban J connectivity index is 1.38. The molecule has 2 aromatic carbocycles. The van der Waals surface area contributed by atoms with Crippen LogP contribution in [-0.4, -0.2) is 11.6 Å². The van der Waals surface area contributed by atoms with Crippen molar-refractivity contribution in [3.63, 3.8) is 0 Å². The number of rotatable bonds is 7. The predicted octanol–water partition coefficient (Wildman–Crippen LogP) is 5.35. The lowest BCUT2D eigenvalue weighted by Gasteiger charge is -2.07. The molecule has 3 aromatic rings. The van der Waals surface area contributed by atoms with Gasteiger partial charge in [0.2, 0.25) is 0 Å². The van der Waals surface area contributed by atoms with Gasteiger partial charge in [0.25, 0.3) is 5.91 Å². The molecule has 0 atom stereocenters. The molecule has 1 amide bonds. The number of amides is 1. The van der Waals surface area contributed by atoms with Crippen molar-refractivity contribution in [1.82, 2.24) is 5.32 Å². The molecule has 0 aliphatic heterocycles. The van der Waals surface area contributed by atoms with Gasteiger partial charge in [0, 0.05) is 17.8 Å². The Kier molecular flexibility index (Phi) is 5.11. The van der Waals surface area contributed by atoms with Gasteiger partial charge in [-0.2, -0.15) is 0 Å². The molecule has 4 nitrogen and oxygen atoms in total. The average Bonchev–Trinajstić information content (AvgIpc) is 3.45. The van der Waals surface area contributed by atoms with E-state index in [0.717, 1.165) is 23.1 Å². The number of benzene rings is 2. The Morgan fingerprint density at radius 1 is 1.11 bits per heavy atom. The Hall–Kier alpha value is -3.14. The molecule has 4 rings (SSSR count). The van der Waals surface area contributed by atoms with E-state index in [9.17, 15) is 4.79 Å². The SMILES string of the molecule is Cc1oc(-c2ccccc2)cc1C(=O)NCc1ccc(C(=N)CC2CC2)cc1. The van der Waals surface area contributed by atoms with Crippen LogP contribution in [0.25, 0.3) is 11.3 Å². The summed E-state index contributed by atoms with van der Waals surface area (Å²) in [5, 5.41) is 11.1. The van der Waals surface area contributed by atoms with E-state index >= 15 is 0 Å². The molecule has 1 heterocycles. The first kappa shape index (κ1) is 18.2. The lowest BCUT2D eigenvalue weighted by molar-refractivity contribution is 0.0949. The molecule has 4 heteroatoms. The van der Waals surface area contributed by atoms with Gasteiger partial charge >= 0.3 is 0 Å². The zero-order chi connectivity index (χ0) is 19.5. The fourth-order valence-electron chi connectivity index (χ4n) is 3.28. The molecule has 142 valence electrons. The van der Waals surface area contributed by atoms with Crippen molar-refractivity contribution in [2.24, 2.45) is 5.92 Å². The fourth-order valence-corrected chi connectivity index (χ4v) is 3.28. The molecule has 0 saturated heterocycles. The summed E-state index contributed by atoms with van der Waals surface area (Å²) in [5.74, 6) is 1.88. The van der Waals surface area contributed by atoms with E-state index in [1.807, 2.05) is 61.5 Å². The third-order valence-electron chi connectivity index (χ3n) is 5.17. The molecular weight excluding hydrogens is 348 g/mol. The van der Waals surface area contributed by atoms with Crippen molar-refractivity contribution >= 4 is 11.6 Å². The van der Waals surface area contributed by atoms with Crippen LogP contribution in [0.15, 0.2) is 65.1 Å². The van der Waals surface area contributed by atoms with Crippen molar-refractivity contribution in [3.8, 4) is 11.3 Å². The second-order valence-corrected chi connectivity index (χ2v) is 7.45. The number of hydrogen-bond acceptors (Lipinski definition) is 3. The van der Waals surface area contributed by atoms with Crippen LogP contribution in [0.2, 0.25) is 0 Å². The molecule has 0 bridgehead atoms. The topological polar surface area (TPSA) is 66.1 Å². The van der Waals surface area contributed by atoms with Gasteiger partial charge in [-0.05, 0) is 49.3 Å². The lowest BCUT2D eigenvalue weighted by Crippen LogP contribution is -2.23. The van der Waals surface area contributed by atoms with Crippen LogP contribution in [0.1, 0.15) is 46.5 Å². The minimum Gasteiger partial charge on any atom is -0.461 e. The molecule has 0 radical (unpaired) electrons. The first-order valence-electron chi connectivity index (χ1n) is 9.71. The number of nitrogens with one attached hydrogen (secondary N) is 2. The molecule has 1 aromatic heterocycles. The average molecular weight is 372 g/mol. The van der Waals surface area contributed by atoms with Crippen LogP contribution in [-0.2, 0) is 6.54 Å². The summed E-state index contributed by atoms with van der Waals surface area (Å²) in [6.07, 6.45) is 3.39. The summed E-state index contributed by atoms with van der Waals surface area (Å²) in [5.41, 5.74) is 4.21. The number of aryl methyl sites for hydroxylation is 1. The second-order valence-electron chi connectivity index (χ2n) is 7.45. The quantitative estimate of drug-likeness (QED) is 0.549. The predicted molar refractivity (Wildman–Crippen MR) is 111 cm³/mol. The van der Waals surface area contributed by atoms with Crippen molar-refractivity contribution in [1.29, 1.82) is 5.41 Å². The van der Waals surface area contributed by atoms with Crippen molar-refractivity contribution in [2.75, 3.05) is 0 Å². The number of furan rings is 1. The van der Waals surface area contributed by atoms with Gasteiger partial charge in [0.15, 0.2) is 0 Å². The summed E-state index contributed by atoms with van der Waals surface area (Å²) in [7, 11) is 0. The van der Waals surface area contributed by atoms with Gasteiger partial charge in [-0.15, -0.1) is 0 Å². The minimum absolute atomic E-state index is 0.144. The molecule has 28 heavy (non-hydrogen) atoms. The van der Waals surface area contributed by atoms with Gasteiger partial charge < -0.3 is 15.1 Å². The summed E-state index contributed by atoms with van der Waals surface area (Å²) >= 11 is 0. The van der Waals surface area contributed by atoms with Crippen LogP contribution in [0.4, 0.5) is 0 Å². The van der Waals surface area contributed by atoms with Crippen LogP contribution in [0, 0.1) is 18.3 Å². The van der Waals surface area contributed by atoms with E-state index in [0.29, 0.717) is 35.3 Å². The summed E-state index contributed by atoms with van der Waals surface area (Å²) in [4.78, 5) is 12.6. The summed E-state index contributed by atoms with van der Waals surface area (Å²) in [6.45, 7) is 2.25. The van der Waals surface area contributed by atoms with E-state index in [1.165, 1.54) is 12.8 Å². The van der Waals surface area contributed by atoms with Gasteiger partial charge in [0.1, 0.15) is 11.5 Å². The largest absolute Gasteiger partial charge is 0.461 e. The first-order valence-corrected chi connectivity index (χ1v) is 9.71. The first-order chi connectivity index (χ1) is 13.6. The maximum absolute atomic E-state index is 12.6. The standard InChI is InChI=1S/C24H24N2O2/c1-16-21(14-23(28-16)20-5-3-2-4-6-20)24(27)26-15-18-9-11-19(12-10-18)22(25)13-17-7-8-17/h2-6,9-12,14,17,25H,7-8,13,15H2,1H3,(H,26,27). The highest BCUT2D eigenvalue weighted by molar-refractivity contribution is 5.98. The monoisotopic (exact) mass is 372 g/mol. The Labute approximate surface area is 165 Å². The maximum Gasteiger partial charge on any atom is 0.255 e. The molecule has 0 unspecified atom stereocenters. The molecule has 1 aliphatic rings. The molecule has 1 fully saturated rings. The lowest BCUT2D eigenvalue weighted by atomic mass is 10.0. The van der Waals surface area contributed by atoms with E-state index < -0.39 is 0 Å². The van der Waals surface area contributed by atoms with E-state index in [1.54, 1.807) is 6.07 Å². The maximum atomic E-state index is 12.6. The Bertz CT molecular complexity index is 983. The highest BCUT2D eigenvalue weighted by atomic mass is 16.3. The minimum atomic E-state index is -0.144. The molecule has 0 spiro atoms. The number of hydrogen-bond donors (Lipinski definition) is 2. The van der Waals surface area contributed by atoms with E-state index in [2.05, 4.69) is 5.32 Å². The Morgan fingerprint density at radius 3 is 2.50 bits per heavy atom. The number of carbonyl (C=O) groups excluding carboxylic acids is 1. The van der Waals surface area contributed by atoms with Crippen molar-refractivity contribution in [3.05, 3.63) is 83.1 Å². The van der Waals surface area contributed by atoms with E-state index in [-0.39, 0.29) is 5.91 Å². The fraction of sp³-hybridized carbons (Fsp3) is 0.250. The zero-order valence-corrected chi connectivity index (χ0v) is 16.0. The highest BCUT2D eigenvalue weighted by Gasteiger charge is 2.23. The van der Waals surface area contributed by atoms with Crippen LogP contribution in [0.5, 0.6) is 0 Å². The normalized spacial score (nSPS) is 13.3. The van der Waals surface area contributed by atoms with Gasteiger partial charge in [-0.3, -0.25) is 4.79 Å². The van der Waals surface area contributed by atoms with Gasteiger partial charge in [-0.1, -0.05) is 54.6 Å². The van der Waals surface area contributed by atoms with Crippen LogP contribution >= 0.6 is 0 Å². The summed E-state index contributed by atoms with van der Waals surface area (Å²) in [6, 6.07) is 19.5. The van der Waals surface area contributed by atoms with Gasteiger partial charge in [0.05, 0.1) is 5.56 Å². The molecule has 1 saturated carbocycles.